The van der Waals surface area contributed by atoms with E-state index in [4.69, 9.17) is 4.74 Å². The Hall–Kier alpha value is -1.32. The Morgan fingerprint density at radius 3 is 2.79 bits per heavy atom. The van der Waals surface area contributed by atoms with Crippen LogP contribution in [0.5, 0.6) is 0 Å². The zero-order valence-electron chi connectivity index (χ0n) is 8.89. The van der Waals surface area contributed by atoms with Gasteiger partial charge in [0.1, 0.15) is 0 Å². The van der Waals surface area contributed by atoms with Gasteiger partial charge in [-0.15, -0.1) is 0 Å². The molecule has 0 aliphatic carbocycles. The van der Waals surface area contributed by atoms with Crippen molar-refractivity contribution in [2.75, 3.05) is 6.61 Å². The van der Waals surface area contributed by atoms with Crippen molar-refractivity contribution >= 4 is 5.97 Å². The summed E-state index contributed by atoms with van der Waals surface area (Å²) in [6.45, 7) is 6.17. The molecule has 1 rings (SSSR count). The summed E-state index contributed by atoms with van der Waals surface area (Å²) in [5.41, 5.74) is 2.89. The lowest BCUT2D eigenvalue weighted by atomic mass is 10.1. The predicted octanol–water partition coefficient (Wildman–Crippen LogP) is 1.39. The first kappa shape index (κ1) is 10.8. The second-order valence-corrected chi connectivity index (χ2v) is 3.11. The minimum absolute atomic E-state index is 0.188. The summed E-state index contributed by atoms with van der Waals surface area (Å²) in [5.74, 6) is -0.188. The smallest absolute Gasteiger partial charge is 0.310 e. The van der Waals surface area contributed by atoms with Gasteiger partial charge in [-0.1, -0.05) is 6.92 Å². The molecule has 0 saturated heterocycles. The highest BCUT2D eigenvalue weighted by atomic mass is 16.5. The van der Waals surface area contributed by atoms with Gasteiger partial charge in [0.25, 0.3) is 0 Å². The van der Waals surface area contributed by atoms with Gasteiger partial charge in [0, 0.05) is 11.3 Å². The highest BCUT2D eigenvalue weighted by Gasteiger charge is 2.13. The largest absolute Gasteiger partial charge is 0.466 e. The Labute approximate surface area is 83.7 Å². The van der Waals surface area contributed by atoms with Gasteiger partial charge in [-0.3, -0.25) is 9.89 Å². The normalized spacial score (nSPS) is 10.2. The summed E-state index contributed by atoms with van der Waals surface area (Å²) < 4.78 is 4.89. The lowest BCUT2D eigenvalue weighted by Crippen LogP contribution is -2.09. The van der Waals surface area contributed by atoms with E-state index < -0.39 is 0 Å². The molecule has 0 spiro atoms. The Balaban J connectivity index is 2.74. The van der Waals surface area contributed by atoms with E-state index in [0.717, 1.165) is 23.4 Å². The molecule has 1 aromatic heterocycles. The summed E-state index contributed by atoms with van der Waals surface area (Å²) in [6.07, 6.45) is 1.15. The molecular weight excluding hydrogens is 180 g/mol. The summed E-state index contributed by atoms with van der Waals surface area (Å²) in [7, 11) is 0. The second kappa shape index (κ2) is 4.79. The Morgan fingerprint density at radius 1 is 1.50 bits per heavy atom. The van der Waals surface area contributed by atoms with Crippen LogP contribution < -0.4 is 0 Å². The SMILES string of the molecule is CCOC(=O)Cc1c(CC)n[nH]c1C. The van der Waals surface area contributed by atoms with Crippen LogP contribution in [0.2, 0.25) is 0 Å². The van der Waals surface area contributed by atoms with Crippen LogP contribution in [0.25, 0.3) is 0 Å². The average molecular weight is 196 g/mol. The molecule has 4 heteroatoms. The van der Waals surface area contributed by atoms with Gasteiger partial charge in [-0.2, -0.15) is 5.10 Å². The van der Waals surface area contributed by atoms with Crippen LogP contribution in [0.4, 0.5) is 0 Å². The number of nitrogens with zero attached hydrogens (tertiary/aromatic N) is 1. The zero-order valence-corrected chi connectivity index (χ0v) is 8.89. The van der Waals surface area contributed by atoms with Crippen LogP contribution in [-0.4, -0.2) is 22.8 Å². The minimum atomic E-state index is -0.188. The van der Waals surface area contributed by atoms with Crippen LogP contribution in [0.3, 0.4) is 0 Å². The fourth-order valence-corrected chi connectivity index (χ4v) is 1.39. The van der Waals surface area contributed by atoms with E-state index >= 15 is 0 Å². The number of hydrogen-bond acceptors (Lipinski definition) is 3. The molecule has 78 valence electrons. The monoisotopic (exact) mass is 196 g/mol. The molecule has 0 amide bonds. The van der Waals surface area contributed by atoms with E-state index in [-0.39, 0.29) is 5.97 Å². The van der Waals surface area contributed by atoms with E-state index in [1.807, 2.05) is 13.8 Å². The maximum atomic E-state index is 11.3. The third kappa shape index (κ3) is 2.34. The number of esters is 1. The van der Waals surface area contributed by atoms with Crippen molar-refractivity contribution in [1.29, 1.82) is 0 Å². The number of aromatic amines is 1. The first-order valence-corrected chi connectivity index (χ1v) is 4.87. The summed E-state index contributed by atoms with van der Waals surface area (Å²) in [6, 6.07) is 0. The molecule has 4 nitrogen and oxygen atoms in total. The Kier molecular flexibility index (Phi) is 3.68. The average Bonchev–Trinajstić information content (AvgIpc) is 2.48. The van der Waals surface area contributed by atoms with Gasteiger partial charge >= 0.3 is 5.97 Å². The molecule has 1 N–H and O–H groups in total. The third-order valence-corrected chi connectivity index (χ3v) is 2.12. The van der Waals surface area contributed by atoms with Gasteiger partial charge < -0.3 is 4.74 Å². The number of nitrogens with one attached hydrogen (secondary N) is 1. The number of aryl methyl sites for hydroxylation is 2. The molecule has 0 aromatic carbocycles. The molecule has 0 fully saturated rings. The van der Waals surface area contributed by atoms with Crippen molar-refractivity contribution in [3.8, 4) is 0 Å². The van der Waals surface area contributed by atoms with Gasteiger partial charge in [0.15, 0.2) is 0 Å². The molecule has 0 atom stereocenters. The molecule has 1 aromatic rings. The van der Waals surface area contributed by atoms with E-state index in [0.29, 0.717) is 13.0 Å². The molecule has 1 heterocycles. The van der Waals surface area contributed by atoms with Gasteiger partial charge in [0.05, 0.1) is 18.7 Å². The molecule has 0 aliphatic rings. The predicted molar refractivity (Wildman–Crippen MR) is 53.0 cm³/mol. The van der Waals surface area contributed by atoms with Crippen molar-refractivity contribution in [1.82, 2.24) is 10.2 Å². The van der Waals surface area contributed by atoms with Crippen molar-refractivity contribution in [2.24, 2.45) is 0 Å². The van der Waals surface area contributed by atoms with E-state index in [9.17, 15) is 4.79 Å². The summed E-state index contributed by atoms with van der Waals surface area (Å²) in [4.78, 5) is 11.3. The number of carbonyl (C=O) groups is 1. The fraction of sp³-hybridized carbons (Fsp3) is 0.600. The van der Waals surface area contributed by atoms with Crippen molar-refractivity contribution in [3.63, 3.8) is 0 Å². The molecule has 14 heavy (non-hydrogen) atoms. The van der Waals surface area contributed by atoms with Gasteiger partial charge in [-0.25, -0.2) is 0 Å². The van der Waals surface area contributed by atoms with Crippen molar-refractivity contribution < 1.29 is 9.53 Å². The zero-order chi connectivity index (χ0) is 10.6. The standard InChI is InChI=1S/C10H16N2O2/c1-4-9-8(7(3)11-12-9)6-10(13)14-5-2/h4-6H2,1-3H3,(H,11,12). The van der Waals surface area contributed by atoms with E-state index in [1.54, 1.807) is 6.92 Å². The summed E-state index contributed by atoms with van der Waals surface area (Å²) in [5, 5.41) is 6.99. The number of ether oxygens (including phenoxy) is 1. The van der Waals surface area contributed by atoms with Crippen molar-refractivity contribution in [3.05, 3.63) is 17.0 Å². The second-order valence-electron chi connectivity index (χ2n) is 3.11. The first-order chi connectivity index (χ1) is 6.69. The molecule has 0 aliphatic heterocycles. The Bertz CT molecular complexity index is 318. The Morgan fingerprint density at radius 2 is 2.21 bits per heavy atom. The summed E-state index contributed by atoms with van der Waals surface area (Å²) >= 11 is 0. The highest BCUT2D eigenvalue weighted by Crippen LogP contribution is 2.12. The fourth-order valence-electron chi connectivity index (χ4n) is 1.39. The van der Waals surface area contributed by atoms with Gasteiger partial charge in [-0.05, 0) is 20.3 Å². The molecule has 0 radical (unpaired) electrons. The maximum absolute atomic E-state index is 11.3. The van der Waals surface area contributed by atoms with Crippen LogP contribution in [-0.2, 0) is 22.4 Å². The quantitative estimate of drug-likeness (QED) is 0.740. The number of H-pyrrole nitrogens is 1. The lowest BCUT2D eigenvalue weighted by molar-refractivity contribution is -0.142. The van der Waals surface area contributed by atoms with Crippen LogP contribution in [0.15, 0.2) is 0 Å². The van der Waals surface area contributed by atoms with Crippen LogP contribution in [0.1, 0.15) is 30.8 Å². The maximum Gasteiger partial charge on any atom is 0.310 e. The number of carbonyl (C=O) groups excluding carboxylic acids is 1. The molecule has 0 bridgehead atoms. The molecule has 0 unspecified atom stereocenters. The third-order valence-electron chi connectivity index (χ3n) is 2.12. The van der Waals surface area contributed by atoms with E-state index in [2.05, 4.69) is 10.2 Å². The minimum Gasteiger partial charge on any atom is -0.466 e. The van der Waals surface area contributed by atoms with Crippen LogP contribution in [0, 0.1) is 6.92 Å². The highest BCUT2D eigenvalue weighted by molar-refractivity contribution is 5.73. The number of rotatable bonds is 4. The van der Waals surface area contributed by atoms with Crippen molar-refractivity contribution in [2.45, 2.75) is 33.6 Å². The van der Waals surface area contributed by atoms with Crippen LogP contribution >= 0.6 is 0 Å². The topological polar surface area (TPSA) is 55.0 Å². The van der Waals surface area contributed by atoms with E-state index in [1.165, 1.54) is 0 Å². The number of hydrogen-bond donors (Lipinski definition) is 1. The molecular formula is C10H16N2O2. The lowest BCUT2D eigenvalue weighted by Gasteiger charge is -2.02. The van der Waals surface area contributed by atoms with Gasteiger partial charge in [0.2, 0.25) is 0 Å². The molecule has 0 saturated carbocycles. The first-order valence-electron chi connectivity index (χ1n) is 4.87. The number of aromatic nitrogens is 2.